The van der Waals surface area contributed by atoms with Crippen molar-refractivity contribution < 1.29 is 19.4 Å². The fourth-order valence-electron chi connectivity index (χ4n) is 1.85. The Bertz CT molecular complexity index is 607. The van der Waals surface area contributed by atoms with Crippen LogP contribution < -0.4 is 0 Å². The van der Waals surface area contributed by atoms with Crippen LogP contribution in [0.3, 0.4) is 0 Å². The van der Waals surface area contributed by atoms with Gasteiger partial charge in [-0.25, -0.2) is 14.5 Å². The van der Waals surface area contributed by atoms with Gasteiger partial charge < -0.3 is 19.1 Å². The highest BCUT2D eigenvalue weighted by atomic mass is 16.5. The molecule has 0 atom stereocenters. The summed E-state index contributed by atoms with van der Waals surface area (Å²) in [4.78, 5) is 15.3. The molecule has 0 saturated heterocycles. The summed E-state index contributed by atoms with van der Waals surface area (Å²) in [6.07, 6.45) is 3.17. The second kappa shape index (κ2) is 6.95. The molecule has 0 amide bonds. The van der Waals surface area contributed by atoms with Crippen molar-refractivity contribution in [2.75, 3.05) is 26.9 Å². The van der Waals surface area contributed by atoms with Crippen molar-refractivity contribution in [1.82, 2.24) is 24.5 Å². The van der Waals surface area contributed by atoms with Gasteiger partial charge in [-0.3, -0.25) is 0 Å². The molecule has 0 aliphatic carbocycles. The molecule has 0 aliphatic rings. The molecule has 0 aliphatic heterocycles. The predicted octanol–water partition coefficient (Wildman–Crippen LogP) is 0.0398. The van der Waals surface area contributed by atoms with Gasteiger partial charge in [-0.2, -0.15) is 0 Å². The zero-order valence-corrected chi connectivity index (χ0v) is 11.9. The third-order valence-corrected chi connectivity index (χ3v) is 2.88. The summed E-state index contributed by atoms with van der Waals surface area (Å²) < 4.78 is 13.5. The van der Waals surface area contributed by atoms with Gasteiger partial charge in [0.2, 0.25) is 0 Å². The molecule has 1 N–H and O–H groups in total. The fourth-order valence-corrected chi connectivity index (χ4v) is 1.85. The first-order valence-electron chi connectivity index (χ1n) is 6.35. The maximum Gasteiger partial charge on any atom is 0.358 e. The zero-order chi connectivity index (χ0) is 15.2. The van der Waals surface area contributed by atoms with E-state index in [1.54, 1.807) is 31.2 Å². The second-order valence-electron chi connectivity index (χ2n) is 4.31. The van der Waals surface area contributed by atoms with Crippen molar-refractivity contribution >= 4 is 5.97 Å². The number of carboxylic acid groups (broad SMARTS) is 1. The molecule has 0 saturated carbocycles. The number of aryl methyl sites for hydroxylation is 1. The minimum Gasteiger partial charge on any atom is -0.476 e. The smallest absolute Gasteiger partial charge is 0.358 e. The molecule has 0 radical (unpaired) electrons. The molecular formula is C12H17N5O4. The van der Waals surface area contributed by atoms with E-state index in [0.717, 1.165) is 0 Å². The van der Waals surface area contributed by atoms with E-state index in [0.29, 0.717) is 37.8 Å². The first-order chi connectivity index (χ1) is 10.1. The lowest BCUT2D eigenvalue weighted by Crippen LogP contribution is -2.12. The molecule has 2 rings (SSSR count). The number of aromatic carboxylic acids is 1. The lowest BCUT2D eigenvalue weighted by atomic mass is 10.2. The Labute approximate surface area is 121 Å². The van der Waals surface area contributed by atoms with Crippen LogP contribution in [-0.2, 0) is 23.1 Å². The van der Waals surface area contributed by atoms with Crippen LogP contribution in [0.4, 0.5) is 0 Å². The van der Waals surface area contributed by atoms with E-state index in [2.05, 4.69) is 15.3 Å². The van der Waals surface area contributed by atoms with Gasteiger partial charge in [-0.15, -0.1) is 5.10 Å². The Kier molecular flexibility index (Phi) is 5.01. The molecule has 9 heteroatoms. The number of hydrogen-bond acceptors (Lipinski definition) is 6. The van der Waals surface area contributed by atoms with Gasteiger partial charge in [-0.1, -0.05) is 5.21 Å². The molecule has 2 heterocycles. The van der Waals surface area contributed by atoms with Crippen molar-refractivity contribution in [3.8, 4) is 11.4 Å². The van der Waals surface area contributed by atoms with Crippen molar-refractivity contribution in [2.24, 2.45) is 7.05 Å². The Balaban J connectivity index is 2.18. The molecule has 0 fully saturated rings. The fraction of sp³-hybridized carbons (Fsp3) is 0.500. The maximum absolute atomic E-state index is 11.3. The Morgan fingerprint density at radius 1 is 1.38 bits per heavy atom. The highest BCUT2D eigenvalue weighted by Crippen LogP contribution is 2.21. The van der Waals surface area contributed by atoms with E-state index in [1.807, 2.05) is 0 Å². The van der Waals surface area contributed by atoms with Gasteiger partial charge in [0.05, 0.1) is 44.6 Å². The van der Waals surface area contributed by atoms with Gasteiger partial charge in [0.1, 0.15) is 5.69 Å². The lowest BCUT2D eigenvalue weighted by Gasteiger charge is -2.08. The molecule has 0 unspecified atom stereocenters. The number of hydrogen-bond donors (Lipinski definition) is 1. The highest BCUT2D eigenvalue weighted by molar-refractivity contribution is 5.92. The molecular weight excluding hydrogens is 278 g/mol. The number of aromatic nitrogens is 5. The number of ether oxygens (including phenoxy) is 2. The molecule has 21 heavy (non-hydrogen) atoms. The van der Waals surface area contributed by atoms with Crippen molar-refractivity contribution in [3.05, 3.63) is 18.2 Å². The van der Waals surface area contributed by atoms with Crippen LogP contribution >= 0.6 is 0 Å². The van der Waals surface area contributed by atoms with E-state index in [4.69, 9.17) is 9.47 Å². The predicted molar refractivity (Wildman–Crippen MR) is 71.9 cm³/mol. The Hall–Kier alpha value is -2.26. The van der Waals surface area contributed by atoms with Crippen LogP contribution in [0.25, 0.3) is 11.4 Å². The van der Waals surface area contributed by atoms with Crippen LogP contribution in [0.15, 0.2) is 12.5 Å². The van der Waals surface area contributed by atoms with E-state index >= 15 is 0 Å². The number of carboxylic acids is 1. The summed E-state index contributed by atoms with van der Waals surface area (Å²) in [5.41, 5.74) is 0.947. The number of imidazole rings is 1. The number of methoxy groups -OCH3 is 1. The van der Waals surface area contributed by atoms with Crippen LogP contribution in [-0.4, -0.2) is 62.6 Å². The number of rotatable bonds is 8. The highest BCUT2D eigenvalue weighted by Gasteiger charge is 2.22. The summed E-state index contributed by atoms with van der Waals surface area (Å²) in [5, 5.41) is 16.8. The van der Waals surface area contributed by atoms with Gasteiger partial charge in [-0.05, 0) is 0 Å². The summed E-state index contributed by atoms with van der Waals surface area (Å²) >= 11 is 0. The Morgan fingerprint density at radius 2 is 2.19 bits per heavy atom. The summed E-state index contributed by atoms with van der Waals surface area (Å²) in [7, 11) is 3.38. The largest absolute Gasteiger partial charge is 0.476 e. The van der Waals surface area contributed by atoms with E-state index in [-0.39, 0.29) is 5.69 Å². The second-order valence-corrected chi connectivity index (χ2v) is 4.31. The Morgan fingerprint density at radius 3 is 2.81 bits per heavy atom. The first-order valence-corrected chi connectivity index (χ1v) is 6.35. The lowest BCUT2D eigenvalue weighted by molar-refractivity contribution is 0.0653. The zero-order valence-electron chi connectivity index (χ0n) is 11.9. The standard InChI is InChI=1S/C12H17N5O4/c1-16-8-13-7-9(16)11-10(12(18)19)14-15-17(11)3-4-21-6-5-20-2/h7-8H,3-6H2,1-2H3,(H,18,19). The average molecular weight is 295 g/mol. The van der Waals surface area contributed by atoms with Gasteiger partial charge >= 0.3 is 5.97 Å². The average Bonchev–Trinajstić information content (AvgIpc) is 3.04. The SMILES string of the molecule is COCCOCCn1nnc(C(=O)O)c1-c1cncn1C. The van der Waals surface area contributed by atoms with E-state index in [9.17, 15) is 9.90 Å². The first kappa shape index (κ1) is 15.1. The quantitative estimate of drug-likeness (QED) is 0.685. The third kappa shape index (κ3) is 3.44. The van der Waals surface area contributed by atoms with E-state index in [1.165, 1.54) is 4.68 Å². The summed E-state index contributed by atoms with van der Waals surface area (Å²) in [5.74, 6) is -1.13. The molecule has 2 aromatic rings. The molecule has 2 aromatic heterocycles. The molecule has 9 nitrogen and oxygen atoms in total. The number of nitrogens with zero attached hydrogens (tertiary/aromatic N) is 5. The molecule has 0 bridgehead atoms. The van der Waals surface area contributed by atoms with Crippen LogP contribution in [0.1, 0.15) is 10.5 Å². The maximum atomic E-state index is 11.3. The van der Waals surface area contributed by atoms with Crippen LogP contribution in [0.2, 0.25) is 0 Å². The van der Waals surface area contributed by atoms with Gasteiger partial charge in [0.15, 0.2) is 5.69 Å². The molecule has 114 valence electrons. The van der Waals surface area contributed by atoms with Crippen molar-refractivity contribution in [1.29, 1.82) is 0 Å². The molecule has 0 aromatic carbocycles. The minimum absolute atomic E-state index is 0.101. The van der Waals surface area contributed by atoms with Crippen LogP contribution in [0, 0.1) is 0 Å². The number of carbonyl (C=O) groups is 1. The van der Waals surface area contributed by atoms with Crippen molar-refractivity contribution in [2.45, 2.75) is 6.54 Å². The summed E-state index contributed by atoms with van der Waals surface area (Å²) in [6, 6.07) is 0. The normalized spacial score (nSPS) is 11.0. The van der Waals surface area contributed by atoms with Gasteiger partial charge in [0, 0.05) is 14.2 Å². The third-order valence-electron chi connectivity index (χ3n) is 2.88. The summed E-state index contributed by atoms with van der Waals surface area (Å²) in [6.45, 7) is 1.76. The van der Waals surface area contributed by atoms with Crippen molar-refractivity contribution in [3.63, 3.8) is 0 Å². The minimum atomic E-state index is -1.13. The van der Waals surface area contributed by atoms with Crippen LogP contribution in [0.5, 0.6) is 0 Å². The van der Waals surface area contributed by atoms with E-state index < -0.39 is 5.97 Å². The van der Waals surface area contributed by atoms with Gasteiger partial charge in [0.25, 0.3) is 0 Å². The molecule has 0 spiro atoms. The topological polar surface area (TPSA) is 104 Å². The monoisotopic (exact) mass is 295 g/mol.